The largest absolute Gasteiger partial charge is 0.478 e. The lowest BCUT2D eigenvalue weighted by Crippen LogP contribution is -2.12. The summed E-state index contributed by atoms with van der Waals surface area (Å²) in [6.07, 6.45) is 3.75. The Morgan fingerprint density at radius 3 is 1.92 bits per heavy atom. The Bertz CT molecular complexity index is 240. The van der Waals surface area contributed by atoms with Gasteiger partial charge in [0.2, 0.25) is 0 Å². The minimum absolute atomic E-state index is 0.0810. The molecule has 5 heteroatoms. The number of hydrogen-bond donors (Lipinski definition) is 1. The van der Waals surface area contributed by atoms with Crippen LogP contribution in [0.25, 0.3) is 0 Å². The van der Waals surface area contributed by atoms with Crippen LogP contribution in [-0.2, 0) is 9.59 Å². The van der Waals surface area contributed by atoms with Crippen molar-refractivity contribution in [1.82, 2.24) is 0 Å². The van der Waals surface area contributed by atoms with Crippen molar-refractivity contribution < 1.29 is 14.7 Å². The number of ketones is 1. The van der Waals surface area contributed by atoms with E-state index in [1.54, 1.807) is 19.4 Å². The minimum Gasteiger partial charge on any atom is -0.478 e. The summed E-state index contributed by atoms with van der Waals surface area (Å²) < 4.78 is 0.569. The molecule has 0 saturated heterocycles. The molecule has 0 amide bonds. The third-order valence-corrected chi connectivity index (χ3v) is 3.54. The highest BCUT2D eigenvalue weighted by molar-refractivity contribution is 8.21. The van der Waals surface area contributed by atoms with Gasteiger partial charge in [-0.2, -0.15) is 0 Å². The second kappa shape index (κ2) is 6.10. The molecule has 0 bridgehead atoms. The number of carboxylic acids is 1. The van der Waals surface area contributed by atoms with Gasteiger partial charge in [0.15, 0.2) is 5.78 Å². The van der Waals surface area contributed by atoms with Crippen molar-refractivity contribution in [2.24, 2.45) is 0 Å². The second-order valence-corrected chi connectivity index (χ2v) is 4.04. The molecule has 74 valence electrons. The number of thioether (sulfide) groups is 2. The van der Waals surface area contributed by atoms with Crippen molar-refractivity contribution in [2.75, 3.05) is 12.5 Å². The molecule has 0 radical (unpaired) electrons. The van der Waals surface area contributed by atoms with Crippen molar-refractivity contribution in [2.45, 2.75) is 13.3 Å². The molecule has 1 N–H and O–H groups in total. The Morgan fingerprint density at radius 1 is 1.23 bits per heavy atom. The molecule has 0 aromatic carbocycles. The van der Waals surface area contributed by atoms with Crippen LogP contribution in [0.2, 0.25) is 0 Å². The summed E-state index contributed by atoms with van der Waals surface area (Å²) in [6.45, 7) is 1.66. The van der Waals surface area contributed by atoms with E-state index in [9.17, 15) is 9.59 Å². The zero-order valence-corrected chi connectivity index (χ0v) is 9.42. The average molecular weight is 220 g/mol. The van der Waals surface area contributed by atoms with Gasteiger partial charge in [-0.15, -0.1) is 23.5 Å². The smallest absolute Gasteiger partial charge is 0.341 e. The second-order valence-electron chi connectivity index (χ2n) is 2.15. The number of carboxylic acid groups (broad SMARTS) is 1. The number of hydrogen-bond acceptors (Lipinski definition) is 4. The number of carbonyl (C=O) groups excluding carboxylic acids is 1. The molecule has 0 aromatic rings. The maximum atomic E-state index is 11.2. The Hall–Kier alpha value is -0.420. The van der Waals surface area contributed by atoms with E-state index in [-0.39, 0.29) is 17.8 Å². The van der Waals surface area contributed by atoms with Gasteiger partial charge in [0.25, 0.3) is 0 Å². The fourth-order valence-electron chi connectivity index (χ4n) is 0.785. The lowest BCUT2D eigenvalue weighted by atomic mass is 10.1. The van der Waals surface area contributed by atoms with Gasteiger partial charge in [-0.25, -0.2) is 4.79 Å². The lowest BCUT2D eigenvalue weighted by molar-refractivity contribution is -0.134. The van der Waals surface area contributed by atoms with Crippen LogP contribution in [0.3, 0.4) is 0 Å². The topological polar surface area (TPSA) is 54.4 Å². The predicted octanol–water partition coefficient (Wildman–Crippen LogP) is 1.99. The van der Waals surface area contributed by atoms with Gasteiger partial charge < -0.3 is 5.11 Å². The van der Waals surface area contributed by atoms with Crippen molar-refractivity contribution in [1.29, 1.82) is 0 Å². The Morgan fingerprint density at radius 2 is 1.69 bits per heavy atom. The first kappa shape index (κ1) is 12.6. The van der Waals surface area contributed by atoms with Gasteiger partial charge in [0.1, 0.15) is 5.57 Å². The van der Waals surface area contributed by atoms with E-state index in [0.29, 0.717) is 4.24 Å². The quantitative estimate of drug-likeness (QED) is 0.436. The normalized spacial score (nSPS) is 9.46. The van der Waals surface area contributed by atoms with Crippen LogP contribution in [0.15, 0.2) is 9.81 Å². The molecule has 0 atom stereocenters. The van der Waals surface area contributed by atoms with Gasteiger partial charge in [-0.05, 0) is 12.5 Å². The van der Waals surface area contributed by atoms with Gasteiger partial charge >= 0.3 is 5.97 Å². The summed E-state index contributed by atoms with van der Waals surface area (Å²) in [5.41, 5.74) is -0.0810. The highest BCUT2D eigenvalue weighted by atomic mass is 32.2. The predicted molar refractivity (Wildman–Crippen MR) is 57.0 cm³/mol. The lowest BCUT2D eigenvalue weighted by Gasteiger charge is -2.04. The monoisotopic (exact) mass is 220 g/mol. The number of aliphatic carboxylic acids is 1. The summed E-state index contributed by atoms with van der Waals surface area (Å²) >= 11 is 2.58. The van der Waals surface area contributed by atoms with E-state index in [1.807, 2.05) is 0 Å². The van der Waals surface area contributed by atoms with Crippen LogP contribution < -0.4 is 0 Å². The van der Waals surface area contributed by atoms with Crippen molar-refractivity contribution in [3.63, 3.8) is 0 Å². The van der Waals surface area contributed by atoms with E-state index in [1.165, 1.54) is 23.5 Å². The van der Waals surface area contributed by atoms with Crippen LogP contribution in [0, 0.1) is 0 Å². The van der Waals surface area contributed by atoms with E-state index in [0.717, 1.165) is 0 Å². The fraction of sp³-hybridized carbons (Fsp3) is 0.500. The van der Waals surface area contributed by atoms with Crippen molar-refractivity contribution in [3.05, 3.63) is 9.81 Å². The summed E-state index contributed by atoms with van der Waals surface area (Å²) in [5.74, 6) is -1.45. The summed E-state index contributed by atoms with van der Waals surface area (Å²) in [4.78, 5) is 22.0. The number of carbonyl (C=O) groups is 2. The molecule has 0 aliphatic rings. The van der Waals surface area contributed by atoms with E-state index in [2.05, 4.69) is 0 Å². The zero-order chi connectivity index (χ0) is 10.4. The molecule has 0 unspecified atom stereocenters. The maximum absolute atomic E-state index is 11.2. The third kappa shape index (κ3) is 3.44. The van der Waals surface area contributed by atoms with E-state index < -0.39 is 5.97 Å². The van der Waals surface area contributed by atoms with Gasteiger partial charge in [0.05, 0.1) is 4.24 Å². The highest BCUT2D eigenvalue weighted by Crippen LogP contribution is 2.28. The SMILES string of the molecule is CCC(=O)C(C(=O)O)=C(SC)SC. The van der Waals surface area contributed by atoms with Crippen LogP contribution in [-0.4, -0.2) is 29.4 Å². The molecule has 0 aliphatic heterocycles. The summed E-state index contributed by atoms with van der Waals surface area (Å²) in [6, 6.07) is 0. The molecular weight excluding hydrogens is 208 g/mol. The van der Waals surface area contributed by atoms with E-state index in [4.69, 9.17) is 5.11 Å². The molecule has 0 aliphatic carbocycles. The standard InChI is InChI=1S/C8H12O3S2/c1-4-5(9)6(7(10)11)8(12-2)13-3/h4H2,1-3H3,(H,10,11). The van der Waals surface area contributed by atoms with Crippen LogP contribution in [0.1, 0.15) is 13.3 Å². The Labute approximate surface area is 86.0 Å². The molecule has 0 fully saturated rings. The molecular formula is C8H12O3S2. The summed E-state index contributed by atoms with van der Waals surface area (Å²) in [5, 5.41) is 8.80. The minimum atomic E-state index is -1.13. The average Bonchev–Trinajstić information content (AvgIpc) is 2.12. The number of Topliss-reactive ketones (excluding diaryl/α,β-unsaturated/α-hetero) is 1. The third-order valence-electron chi connectivity index (χ3n) is 1.39. The van der Waals surface area contributed by atoms with Crippen LogP contribution >= 0.6 is 23.5 Å². The van der Waals surface area contributed by atoms with Crippen LogP contribution in [0.4, 0.5) is 0 Å². The Kier molecular flexibility index (Phi) is 5.90. The molecule has 0 saturated carbocycles. The molecule has 0 spiro atoms. The number of rotatable bonds is 5. The van der Waals surface area contributed by atoms with E-state index >= 15 is 0 Å². The van der Waals surface area contributed by atoms with Gasteiger partial charge in [0, 0.05) is 6.42 Å². The molecule has 3 nitrogen and oxygen atoms in total. The molecule has 0 aromatic heterocycles. The van der Waals surface area contributed by atoms with Gasteiger partial charge in [-0.1, -0.05) is 6.92 Å². The maximum Gasteiger partial charge on any atom is 0.341 e. The fourth-order valence-corrected chi connectivity index (χ4v) is 2.26. The van der Waals surface area contributed by atoms with Crippen LogP contribution in [0.5, 0.6) is 0 Å². The zero-order valence-electron chi connectivity index (χ0n) is 7.79. The van der Waals surface area contributed by atoms with Crippen molar-refractivity contribution >= 4 is 35.3 Å². The van der Waals surface area contributed by atoms with Gasteiger partial charge in [-0.3, -0.25) is 4.79 Å². The summed E-state index contributed by atoms with van der Waals surface area (Å²) in [7, 11) is 0. The first-order valence-electron chi connectivity index (χ1n) is 3.67. The highest BCUT2D eigenvalue weighted by Gasteiger charge is 2.20. The first-order valence-corrected chi connectivity index (χ1v) is 6.12. The molecule has 13 heavy (non-hydrogen) atoms. The molecule has 0 heterocycles. The Balaban J connectivity index is 5.08. The molecule has 0 rings (SSSR count). The first-order chi connectivity index (χ1) is 6.08. The van der Waals surface area contributed by atoms with Crippen molar-refractivity contribution in [3.8, 4) is 0 Å².